The maximum atomic E-state index is 8.44. The van der Waals surface area contributed by atoms with Crippen molar-refractivity contribution in [3.05, 3.63) is 47.1 Å². The summed E-state index contributed by atoms with van der Waals surface area (Å²) in [7, 11) is -1.47. The summed E-state index contributed by atoms with van der Waals surface area (Å²) >= 11 is 0. The van der Waals surface area contributed by atoms with Crippen LogP contribution in [0.15, 0.2) is 41.6 Å². The Hall–Kier alpha value is -0.863. The maximum absolute atomic E-state index is 8.44. The van der Waals surface area contributed by atoms with E-state index in [0.717, 1.165) is 25.3 Å². The summed E-state index contributed by atoms with van der Waals surface area (Å²) in [5.41, 5.74) is 3.72. The summed E-state index contributed by atoms with van der Waals surface area (Å²) < 4.78 is 8.44. The highest BCUT2D eigenvalue weighted by Crippen LogP contribution is 2.25. The van der Waals surface area contributed by atoms with Crippen molar-refractivity contribution in [1.29, 1.82) is 0 Å². The predicted octanol–water partition coefficient (Wildman–Crippen LogP) is 3.94. The second-order valence-corrected chi connectivity index (χ2v) is 11.2. The molecular weight excluding hydrogens is 234 g/mol. The van der Waals surface area contributed by atoms with Crippen LogP contribution < -0.4 is 0 Å². The number of likely N-dealkylation sites (tertiary alicyclic amines) is 1. The highest BCUT2D eigenvalue weighted by atomic mass is 28.3. The summed E-state index contributed by atoms with van der Waals surface area (Å²) in [6, 6.07) is 10.6. The molecule has 0 aromatic heterocycles. The van der Waals surface area contributed by atoms with Crippen molar-refractivity contribution < 1.29 is 1.37 Å². The van der Waals surface area contributed by atoms with Crippen molar-refractivity contribution >= 4 is 8.07 Å². The zero-order valence-electron chi connectivity index (χ0n) is 13.0. The zero-order chi connectivity index (χ0) is 14.0. The van der Waals surface area contributed by atoms with Crippen molar-refractivity contribution in [3.8, 4) is 0 Å². The molecular formula is C16H25NSi. The highest BCUT2D eigenvalue weighted by Gasteiger charge is 2.25. The minimum atomic E-state index is -1.47. The molecule has 0 spiro atoms. The average Bonchev–Trinajstić information content (AvgIpc) is 2.69. The first-order chi connectivity index (χ1) is 8.88. The molecule has 1 heterocycles. The molecule has 1 atom stereocenters. The summed E-state index contributed by atoms with van der Waals surface area (Å²) in [6.45, 7) is 12.2. The van der Waals surface area contributed by atoms with Gasteiger partial charge in [-0.2, -0.15) is 0 Å². The van der Waals surface area contributed by atoms with E-state index in [4.69, 9.17) is 1.37 Å². The Morgan fingerprint density at radius 1 is 1.33 bits per heavy atom. The largest absolute Gasteiger partial charge is 0.295 e. The molecule has 2 heteroatoms. The van der Waals surface area contributed by atoms with Crippen molar-refractivity contribution in [2.24, 2.45) is 5.92 Å². The van der Waals surface area contributed by atoms with Gasteiger partial charge < -0.3 is 0 Å². The molecule has 0 N–H and O–H groups in total. The molecule has 0 saturated carbocycles. The average molecular weight is 260 g/mol. The maximum Gasteiger partial charge on any atom is 0.0687 e. The molecule has 1 aromatic carbocycles. The van der Waals surface area contributed by atoms with Gasteiger partial charge in [0.15, 0.2) is 0 Å². The fourth-order valence-electron chi connectivity index (χ4n) is 2.57. The number of benzene rings is 1. The van der Waals surface area contributed by atoms with Crippen LogP contribution in [0.2, 0.25) is 19.6 Å². The van der Waals surface area contributed by atoms with Gasteiger partial charge in [-0.1, -0.05) is 68.1 Å². The number of nitrogens with zero attached hydrogens (tertiary/aromatic N) is 1. The van der Waals surface area contributed by atoms with Crippen LogP contribution in [-0.4, -0.2) is 26.1 Å². The molecule has 0 bridgehead atoms. The van der Waals surface area contributed by atoms with Crippen LogP contribution in [0.5, 0.6) is 0 Å². The third kappa shape index (κ3) is 3.82. The van der Waals surface area contributed by atoms with Crippen molar-refractivity contribution in [2.75, 3.05) is 13.1 Å². The first-order valence-corrected chi connectivity index (χ1v) is 10.3. The Morgan fingerprint density at radius 3 is 2.61 bits per heavy atom. The van der Waals surface area contributed by atoms with Gasteiger partial charge in [0.1, 0.15) is 0 Å². The lowest BCUT2D eigenvalue weighted by Gasteiger charge is -2.15. The van der Waals surface area contributed by atoms with E-state index in [1.807, 2.05) is 0 Å². The van der Waals surface area contributed by atoms with Crippen LogP contribution in [0.3, 0.4) is 0 Å². The third-order valence-electron chi connectivity index (χ3n) is 3.31. The lowest BCUT2D eigenvalue weighted by atomic mass is 10.1. The number of hydrogen-bond acceptors (Lipinski definition) is 1. The Kier molecular flexibility index (Phi) is 3.66. The van der Waals surface area contributed by atoms with Gasteiger partial charge in [-0.15, -0.1) is 0 Å². The van der Waals surface area contributed by atoms with E-state index in [2.05, 4.69) is 61.8 Å². The molecule has 18 heavy (non-hydrogen) atoms. The van der Waals surface area contributed by atoms with Crippen molar-refractivity contribution in [3.63, 3.8) is 0 Å². The van der Waals surface area contributed by atoms with Gasteiger partial charge in [-0.3, -0.25) is 4.90 Å². The second kappa shape index (κ2) is 5.41. The third-order valence-corrected chi connectivity index (χ3v) is 4.38. The monoisotopic (exact) mass is 260 g/mol. The Balaban J connectivity index is 2.10. The molecule has 2 rings (SSSR count). The summed E-state index contributed by atoms with van der Waals surface area (Å²) in [5, 5.41) is 0. The summed E-state index contributed by atoms with van der Waals surface area (Å²) in [6.07, 6.45) is 0. The predicted molar refractivity (Wildman–Crippen MR) is 82.3 cm³/mol. The molecule has 1 fully saturated rings. The SMILES string of the molecule is [2H]/C(=C1/CN(Cc2ccccc2)CC1C)[Si](C)(C)C. The summed E-state index contributed by atoms with van der Waals surface area (Å²) in [5.74, 6) is 0.544. The lowest BCUT2D eigenvalue weighted by molar-refractivity contribution is 0.322. The fourth-order valence-corrected chi connectivity index (χ4v) is 3.85. The molecule has 0 amide bonds. The van der Waals surface area contributed by atoms with Gasteiger partial charge in [-0.05, 0) is 11.5 Å². The summed E-state index contributed by atoms with van der Waals surface area (Å²) in [4.78, 5) is 2.48. The van der Waals surface area contributed by atoms with E-state index in [9.17, 15) is 0 Å². The minimum absolute atomic E-state index is 0.544. The molecule has 1 aromatic rings. The van der Waals surface area contributed by atoms with Crippen LogP contribution >= 0.6 is 0 Å². The van der Waals surface area contributed by atoms with Crippen LogP contribution in [0.25, 0.3) is 0 Å². The van der Waals surface area contributed by atoms with E-state index in [1.54, 1.807) is 0 Å². The highest BCUT2D eigenvalue weighted by molar-refractivity contribution is 6.81. The first-order valence-electron chi connectivity index (χ1n) is 7.34. The zero-order valence-corrected chi connectivity index (χ0v) is 13.0. The Morgan fingerprint density at radius 2 is 2.00 bits per heavy atom. The Labute approximate surface area is 114 Å². The van der Waals surface area contributed by atoms with E-state index >= 15 is 0 Å². The van der Waals surface area contributed by atoms with Crippen LogP contribution in [0, 0.1) is 5.92 Å². The van der Waals surface area contributed by atoms with E-state index < -0.39 is 8.07 Å². The number of hydrogen-bond donors (Lipinski definition) is 0. The van der Waals surface area contributed by atoms with Crippen molar-refractivity contribution in [2.45, 2.75) is 33.1 Å². The molecule has 1 saturated heterocycles. The fraction of sp³-hybridized carbons (Fsp3) is 0.500. The van der Waals surface area contributed by atoms with Crippen LogP contribution in [-0.2, 0) is 6.54 Å². The van der Waals surface area contributed by atoms with Gasteiger partial charge in [0, 0.05) is 19.6 Å². The van der Waals surface area contributed by atoms with E-state index in [0.29, 0.717) is 5.92 Å². The lowest BCUT2D eigenvalue weighted by Crippen LogP contribution is -2.20. The molecule has 1 aliphatic rings. The van der Waals surface area contributed by atoms with Gasteiger partial charge in [0.25, 0.3) is 0 Å². The van der Waals surface area contributed by atoms with Crippen LogP contribution in [0.1, 0.15) is 13.9 Å². The first kappa shape index (κ1) is 12.2. The van der Waals surface area contributed by atoms with Crippen LogP contribution in [0.4, 0.5) is 0 Å². The van der Waals surface area contributed by atoms with Gasteiger partial charge in [0.05, 0.1) is 9.44 Å². The van der Waals surface area contributed by atoms with Gasteiger partial charge in [-0.25, -0.2) is 0 Å². The van der Waals surface area contributed by atoms with E-state index in [1.165, 1.54) is 11.1 Å². The molecule has 1 nitrogen and oxygen atoms in total. The molecule has 0 aliphatic carbocycles. The quantitative estimate of drug-likeness (QED) is 0.744. The topological polar surface area (TPSA) is 3.24 Å². The standard InChI is InChI=1S/C16H25NSi/c1-14-10-17(11-15-8-6-5-7-9-15)12-16(14)13-18(2,3)4/h5-9,13-14H,10-12H2,1-4H3/b16-13+/i13D. The van der Waals surface area contributed by atoms with E-state index in [-0.39, 0.29) is 0 Å². The van der Waals surface area contributed by atoms with Gasteiger partial charge >= 0.3 is 0 Å². The molecule has 0 radical (unpaired) electrons. The van der Waals surface area contributed by atoms with Crippen molar-refractivity contribution in [1.82, 2.24) is 4.90 Å². The minimum Gasteiger partial charge on any atom is -0.295 e. The smallest absolute Gasteiger partial charge is 0.0687 e. The van der Waals surface area contributed by atoms with Gasteiger partial charge in [0.2, 0.25) is 0 Å². The Bertz CT molecular complexity index is 461. The molecule has 98 valence electrons. The molecule has 1 unspecified atom stereocenters. The second-order valence-electron chi connectivity index (χ2n) is 6.46. The molecule has 1 aliphatic heterocycles. The normalized spacial score (nSPS) is 25.1. The number of rotatable bonds is 3.